The number of hydrogen-bond donors (Lipinski definition) is 2. The fourth-order valence-corrected chi connectivity index (χ4v) is 5.46. The highest BCUT2D eigenvalue weighted by Crippen LogP contribution is 2.51. The molecule has 0 unspecified atom stereocenters. The Labute approximate surface area is 195 Å². The SMILES string of the molecule is COc1ccc(NC(=O)CN2CC[C@]3(O)CCCC[C@@H]3[C@@H]2c2cc(OC)ccc2OC)cc1. The van der Waals surface area contributed by atoms with Crippen LogP contribution < -0.4 is 19.5 Å². The van der Waals surface area contributed by atoms with Gasteiger partial charge in [-0.05, 0) is 61.7 Å². The molecule has 7 nitrogen and oxygen atoms in total. The van der Waals surface area contributed by atoms with Crippen molar-refractivity contribution in [3.63, 3.8) is 0 Å². The van der Waals surface area contributed by atoms with E-state index < -0.39 is 5.60 Å². The van der Waals surface area contributed by atoms with Gasteiger partial charge in [0.05, 0.1) is 33.5 Å². The van der Waals surface area contributed by atoms with Gasteiger partial charge in [0.15, 0.2) is 0 Å². The average Bonchev–Trinajstić information content (AvgIpc) is 2.84. The van der Waals surface area contributed by atoms with E-state index in [1.54, 1.807) is 21.3 Å². The first-order valence-electron chi connectivity index (χ1n) is 11.6. The minimum atomic E-state index is -0.722. The van der Waals surface area contributed by atoms with E-state index in [1.807, 2.05) is 42.5 Å². The molecule has 2 N–H and O–H groups in total. The maximum Gasteiger partial charge on any atom is 0.238 e. The summed E-state index contributed by atoms with van der Waals surface area (Å²) in [5, 5.41) is 14.5. The molecule has 1 saturated carbocycles. The topological polar surface area (TPSA) is 80.3 Å². The first-order chi connectivity index (χ1) is 16.0. The Morgan fingerprint density at radius 2 is 1.76 bits per heavy atom. The molecule has 2 aromatic carbocycles. The number of benzene rings is 2. The van der Waals surface area contributed by atoms with Crippen molar-refractivity contribution in [2.24, 2.45) is 5.92 Å². The van der Waals surface area contributed by atoms with E-state index in [1.165, 1.54) is 0 Å². The summed E-state index contributed by atoms with van der Waals surface area (Å²) in [5.74, 6) is 2.16. The van der Waals surface area contributed by atoms with Crippen molar-refractivity contribution < 1.29 is 24.1 Å². The third-order valence-electron chi connectivity index (χ3n) is 7.15. The van der Waals surface area contributed by atoms with Gasteiger partial charge in [-0.1, -0.05) is 12.8 Å². The summed E-state index contributed by atoms with van der Waals surface area (Å²) in [7, 11) is 4.91. The molecule has 0 spiro atoms. The predicted octanol–water partition coefficient (Wildman–Crippen LogP) is 4.02. The Bertz CT molecular complexity index is 964. The molecule has 3 atom stereocenters. The smallest absolute Gasteiger partial charge is 0.238 e. The molecule has 2 aromatic rings. The van der Waals surface area contributed by atoms with E-state index in [4.69, 9.17) is 14.2 Å². The Morgan fingerprint density at radius 1 is 1.03 bits per heavy atom. The van der Waals surface area contributed by atoms with E-state index in [0.717, 1.165) is 54.2 Å². The molecular formula is C26H34N2O5. The van der Waals surface area contributed by atoms with Gasteiger partial charge in [-0.2, -0.15) is 0 Å². The van der Waals surface area contributed by atoms with Crippen molar-refractivity contribution in [1.82, 2.24) is 4.90 Å². The van der Waals surface area contributed by atoms with Crippen LogP contribution in [0, 0.1) is 5.92 Å². The number of anilines is 1. The number of carbonyl (C=O) groups is 1. The maximum absolute atomic E-state index is 13.0. The molecular weight excluding hydrogens is 420 g/mol. The van der Waals surface area contributed by atoms with Gasteiger partial charge in [0.25, 0.3) is 0 Å². The van der Waals surface area contributed by atoms with Crippen LogP contribution in [0.25, 0.3) is 0 Å². The normalized spacial score (nSPS) is 25.1. The number of methoxy groups -OCH3 is 3. The lowest BCUT2D eigenvalue weighted by Gasteiger charge is -2.52. The Morgan fingerprint density at radius 3 is 2.45 bits per heavy atom. The number of fused-ring (bicyclic) bond motifs is 1. The van der Waals surface area contributed by atoms with E-state index >= 15 is 0 Å². The van der Waals surface area contributed by atoms with Gasteiger partial charge in [-0.25, -0.2) is 0 Å². The van der Waals surface area contributed by atoms with Crippen LogP contribution in [0.2, 0.25) is 0 Å². The molecule has 1 amide bonds. The number of aliphatic hydroxyl groups is 1. The van der Waals surface area contributed by atoms with Crippen molar-refractivity contribution in [3.8, 4) is 17.2 Å². The number of ether oxygens (including phenoxy) is 3. The number of carbonyl (C=O) groups excluding carboxylic acids is 1. The summed E-state index contributed by atoms with van der Waals surface area (Å²) in [5.41, 5.74) is 0.960. The molecule has 178 valence electrons. The van der Waals surface area contributed by atoms with Crippen LogP contribution in [0.4, 0.5) is 5.69 Å². The van der Waals surface area contributed by atoms with Crippen LogP contribution in [0.1, 0.15) is 43.7 Å². The van der Waals surface area contributed by atoms with Gasteiger partial charge in [0.1, 0.15) is 17.2 Å². The van der Waals surface area contributed by atoms with E-state index in [-0.39, 0.29) is 24.4 Å². The summed E-state index contributed by atoms with van der Waals surface area (Å²) in [4.78, 5) is 15.2. The highest BCUT2D eigenvalue weighted by atomic mass is 16.5. The second kappa shape index (κ2) is 10.0. The Balaban J connectivity index is 1.62. The zero-order valence-corrected chi connectivity index (χ0v) is 19.7. The second-order valence-corrected chi connectivity index (χ2v) is 9.01. The number of rotatable bonds is 7. The Hall–Kier alpha value is -2.77. The first-order valence-corrected chi connectivity index (χ1v) is 11.6. The van der Waals surface area contributed by atoms with Gasteiger partial charge in [-0.3, -0.25) is 9.69 Å². The third-order valence-corrected chi connectivity index (χ3v) is 7.15. The van der Waals surface area contributed by atoms with Gasteiger partial charge in [0, 0.05) is 29.8 Å². The number of likely N-dealkylation sites (tertiary alicyclic amines) is 1. The van der Waals surface area contributed by atoms with E-state index in [0.29, 0.717) is 13.0 Å². The average molecular weight is 455 g/mol. The van der Waals surface area contributed by atoms with Crippen molar-refractivity contribution >= 4 is 11.6 Å². The number of amides is 1. The molecule has 0 aromatic heterocycles. The standard InChI is InChI=1S/C26H34N2O5/c1-31-19-9-7-18(8-10-19)27-24(29)17-28-15-14-26(30)13-5-4-6-22(26)25(28)21-16-20(32-2)11-12-23(21)33-3/h7-12,16,22,25,30H,4-6,13-15,17H2,1-3H3,(H,27,29)/t22-,25+,26-/m1/s1. The zero-order valence-electron chi connectivity index (χ0n) is 19.7. The summed E-state index contributed by atoms with van der Waals surface area (Å²) in [6.45, 7) is 0.859. The number of hydrogen-bond acceptors (Lipinski definition) is 6. The number of nitrogens with one attached hydrogen (secondary N) is 1. The van der Waals surface area contributed by atoms with Gasteiger partial charge in [0.2, 0.25) is 5.91 Å². The maximum atomic E-state index is 13.0. The third kappa shape index (κ3) is 4.94. The molecule has 1 saturated heterocycles. The molecule has 2 fully saturated rings. The van der Waals surface area contributed by atoms with Crippen LogP contribution in [0.5, 0.6) is 17.2 Å². The second-order valence-electron chi connectivity index (χ2n) is 9.01. The van der Waals surface area contributed by atoms with E-state index in [2.05, 4.69) is 10.2 Å². The summed E-state index contributed by atoms with van der Waals surface area (Å²) < 4.78 is 16.4. The molecule has 0 radical (unpaired) electrons. The molecule has 2 aliphatic rings. The predicted molar refractivity (Wildman–Crippen MR) is 127 cm³/mol. The summed E-state index contributed by atoms with van der Waals surface area (Å²) in [6, 6.07) is 12.9. The molecule has 4 rings (SSSR count). The van der Waals surface area contributed by atoms with Crippen molar-refractivity contribution in [2.45, 2.75) is 43.7 Å². The van der Waals surface area contributed by atoms with Crippen LogP contribution in [0.3, 0.4) is 0 Å². The quantitative estimate of drug-likeness (QED) is 0.658. The van der Waals surface area contributed by atoms with Gasteiger partial charge >= 0.3 is 0 Å². The number of piperidine rings is 1. The minimum Gasteiger partial charge on any atom is -0.497 e. The van der Waals surface area contributed by atoms with Crippen molar-refractivity contribution in [2.75, 3.05) is 39.7 Å². The molecule has 0 bridgehead atoms. The van der Waals surface area contributed by atoms with Crippen LogP contribution in [-0.2, 0) is 4.79 Å². The van der Waals surface area contributed by atoms with Crippen molar-refractivity contribution in [3.05, 3.63) is 48.0 Å². The van der Waals surface area contributed by atoms with Crippen molar-refractivity contribution in [1.29, 1.82) is 0 Å². The molecule has 1 heterocycles. The van der Waals surface area contributed by atoms with Gasteiger partial charge in [-0.15, -0.1) is 0 Å². The number of nitrogens with zero attached hydrogens (tertiary/aromatic N) is 1. The highest BCUT2D eigenvalue weighted by Gasteiger charge is 2.50. The first kappa shape index (κ1) is 23.4. The fourth-order valence-electron chi connectivity index (χ4n) is 5.46. The molecule has 1 aliphatic carbocycles. The minimum absolute atomic E-state index is 0.0230. The van der Waals surface area contributed by atoms with Crippen LogP contribution >= 0.6 is 0 Å². The Kier molecular flexibility index (Phi) is 7.10. The van der Waals surface area contributed by atoms with Crippen LogP contribution in [-0.4, -0.2) is 55.9 Å². The fraction of sp³-hybridized carbons (Fsp3) is 0.500. The van der Waals surface area contributed by atoms with Crippen LogP contribution in [0.15, 0.2) is 42.5 Å². The lowest BCUT2D eigenvalue weighted by atomic mass is 9.66. The highest BCUT2D eigenvalue weighted by molar-refractivity contribution is 5.92. The molecule has 7 heteroatoms. The monoisotopic (exact) mass is 454 g/mol. The lowest BCUT2D eigenvalue weighted by Crippen LogP contribution is -2.56. The zero-order chi connectivity index (χ0) is 23.4. The lowest BCUT2D eigenvalue weighted by molar-refractivity contribution is -0.135. The largest absolute Gasteiger partial charge is 0.497 e. The van der Waals surface area contributed by atoms with E-state index in [9.17, 15) is 9.90 Å². The molecule has 33 heavy (non-hydrogen) atoms. The summed E-state index contributed by atoms with van der Waals surface area (Å²) in [6.07, 6.45) is 4.48. The summed E-state index contributed by atoms with van der Waals surface area (Å²) >= 11 is 0. The molecule has 1 aliphatic heterocycles. The van der Waals surface area contributed by atoms with Gasteiger partial charge < -0.3 is 24.6 Å².